The number of phosphoric acid groups is 1. The SMILES string of the molecule is CO[C@@]1(C2CC2)[C@H](n2ccc(=O)[nH]c2=O)O[C@](F)(COP(=O)(S)OP(=O)(O)OC2OC3(O)C2C(O)C(O)C3[C@@H](F)CO)[C@H]1O. The number of hydrogen-bond donors (Lipinski definition) is 8. The molecule has 2 saturated carbocycles. The van der Waals surface area contributed by atoms with E-state index in [0.29, 0.717) is 12.8 Å². The minimum absolute atomic E-state index is 0.427. The van der Waals surface area contributed by atoms with Gasteiger partial charge < -0.3 is 44.6 Å². The number of ether oxygens (including phenoxy) is 3. The molecule has 0 bridgehead atoms. The maximum atomic E-state index is 16.2. The highest BCUT2D eigenvalue weighted by Gasteiger charge is 2.74. The van der Waals surface area contributed by atoms with Crippen LogP contribution in [0.2, 0.25) is 0 Å². The highest BCUT2D eigenvalue weighted by Crippen LogP contribution is 2.69. The zero-order valence-electron chi connectivity index (χ0n) is 22.5. The van der Waals surface area contributed by atoms with Gasteiger partial charge in [-0.3, -0.25) is 23.4 Å². The van der Waals surface area contributed by atoms with E-state index in [1.165, 1.54) is 0 Å². The molecule has 1 aromatic heterocycles. The van der Waals surface area contributed by atoms with Gasteiger partial charge in [0, 0.05) is 19.4 Å². The van der Waals surface area contributed by atoms with Crippen molar-refractivity contribution in [1.82, 2.24) is 9.55 Å². The molecule has 2 aliphatic carbocycles. The van der Waals surface area contributed by atoms with Crippen LogP contribution in [0.1, 0.15) is 19.1 Å². The van der Waals surface area contributed by atoms with Gasteiger partial charge >= 0.3 is 20.3 Å². The number of rotatable bonds is 12. The number of H-pyrrole nitrogens is 1. The highest BCUT2D eigenvalue weighted by molar-refractivity contribution is 8.45. The van der Waals surface area contributed by atoms with Crippen LogP contribution in [0.15, 0.2) is 21.9 Å². The number of hydrogen-bond acceptors (Lipinski definition) is 15. The fourth-order valence-corrected chi connectivity index (χ4v) is 9.30. The standard InChI is InChI=1S/C21H30F2N2O16P2S/c1-36-20(8-2-3-8)16(30)19(23,39-17(20)25-5-4-10(27)24-18(25)31)7-37-43(35,44)41-42(33,34)40-15-12-14(29)13(28)11(9(22)6-26)21(12,32)38-15/h4-5,8-9,11-17,26,28-30,32H,2-3,6-7H2,1H3,(H,33,34)(H,35,44)(H,24,27,31)/t9-,11?,12?,13?,14?,15?,16+,17+,19+,20+,21?,43?/m0/s1. The number of halogens is 2. The molecule has 0 spiro atoms. The summed E-state index contributed by atoms with van der Waals surface area (Å²) in [5.41, 5.74) is -3.71. The number of aromatic nitrogens is 2. The number of fused-ring (bicyclic) bond motifs is 1. The predicted molar refractivity (Wildman–Crippen MR) is 139 cm³/mol. The van der Waals surface area contributed by atoms with E-state index in [1.54, 1.807) is 0 Å². The smallest absolute Gasteiger partial charge is 0.393 e. The fourth-order valence-electron chi connectivity index (χ4n) is 6.14. The normalized spacial score (nSPS) is 43.5. The summed E-state index contributed by atoms with van der Waals surface area (Å²) in [5.74, 6) is -10.1. The van der Waals surface area contributed by atoms with Gasteiger partial charge in [0.25, 0.3) is 11.4 Å². The molecule has 7 N–H and O–H groups in total. The Morgan fingerprint density at radius 2 is 1.89 bits per heavy atom. The molecule has 44 heavy (non-hydrogen) atoms. The largest absolute Gasteiger partial charge is 0.482 e. The van der Waals surface area contributed by atoms with Gasteiger partial charge in [-0.15, -0.1) is 0 Å². The van der Waals surface area contributed by atoms with Crippen molar-refractivity contribution in [1.29, 1.82) is 0 Å². The number of nitrogens with zero attached hydrogens (tertiary/aromatic N) is 1. The average Bonchev–Trinajstić information content (AvgIpc) is 3.71. The molecule has 0 amide bonds. The number of aromatic amines is 1. The maximum Gasteiger partial charge on any atom is 0.482 e. The zero-order chi connectivity index (χ0) is 32.6. The zero-order valence-corrected chi connectivity index (χ0v) is 25.2. The van der Waals surface area contributed by atoms with Gasteiger partial charge in [-0.1, -0.05) is 12.2 Å². The third kappa shape index (κ3) is 5.58. The van der Waals surface area contributed by atoms with Crippen LogP contribution in [0.5, 0.6) is 0 Å². The highest BCUT2D eigenvalue weighted by atomic mass is 32.7. The Kier molecular flexibility index (Phi) is 8.97. The summed E-state index contributed by atoms with van der Waals surface area (Å²) < 4.78 is 86.2. The number of phosphoric ester groups is 1. The second-order valence-electron chi connectivity index (χ2n) is 10.9. The van der Waals surface area contributed by atoms with Crippen molar-refractivity contribution in [2.75, 3.05) is 20.3 Å². The molecule has 23 heteroatoms. The van der Waals surface area contributed by atoms with Crippen LogP contribution in [0.3, 0.4) is 0 Å². The van der Waals surface area contributed by atoms with Crippen LogP contribution in [0.25, 0.3) is 0 Å². The molecule has 2 aliphatic heterocycles. The van der Waals surface area contributed by atoms with Crippen LogP contribution in [-0.4, -0.2) is 108 Å². The first-order chi connectivity index (χ1) is 20.4. The maximum absolute atomic E-state index is 16.2. The summed E-state index contributed by atoms with van der Waals surface area (Å²) in [7, 11) is -4.46. The molecule has 0 radical (unpaired) electrons. The molecule has 0 aromatic carbocycles. The Bertz CT molecular complexity index is 1480. The lowest BCUT2D eigenvalue weighted by Gasteiger charge is -2.49. The van der Waals surface area contributed by atoms with Gasteiger partial charge in [-0.2, -0.15) is 4.31 Å². The molecule has 4 fully saturated rings. The number of aliphatic hydroxyl groups excluding tert-OH is 4. The van der Waals surface area contributed by atoms with Crippen LogP contribution in [0, 0.1) is 17.8 Å². The van der Waals surface area contributed by atoms with E-state index < -0.39 is 111 Å². The van der Waals surface area contributed by atoms with Gasteiger partial charge in [0.05, 0.1) is 30.7 Å². The first-order valence-corrected chi connectivity index (χ1v) is 17.2. The number of alkyl halides is 2. The van der Waals surface area contributed by atoms with Crippen molar-refractivity contribution >= 4 is 26.9 Å². The van der Waals surface area contributed by atoms with Crippen LogP contribution in [0.4, 0.5) is 8.78 Å². The van der Waals surface area contributed by atoms with E-state index in [0.717, 1.165) is 23.9 Å². The topological polar surface area (TPSA) is 266 Å². The summed E-state index contributed by atoms with van der Waals surface area (Å²) in [6, 6.07) is 0.939. The molecule has 8 unspecified atom stereocenters. The van der Waals surface area contributed by atoms with Crippen LogP contribution >= 0.6 is 26.9 Å². The van der Waals surface area contributed by atoms with E-state index in [9.17, 15) is 48.4 Å². The van der Waals surface area contributed by atoms with E-state index in [4.69, 9.17) is 23.8 Å². The molecule has 5 rings (SSSR count). The Morgan fingerprint density at radius 1 is 1.23 bits per heavy atom. The molecule has 18 nitrogen and oxygen atoms in total. The van der Waals surface area contributed by atoms with Crippen molar-refractivity contribution in [3.05, 3.63) is 33.1 Å². The Labute approximate surface area is 250 Å². The number of methoxy groups -OCH3 is 1. The predicted octanol–water partition coefficient (Wildman–Crippen LogP) is -1.58. The molecule has 4 aliphatic rings. The third-order valence-electron chi connectivity index (χ3n) is 8.27. The molecule has 2 saturated heterocycles. The first-order valence-electron chi connectivity index (χ1n) is 13.0. The number of nitrogens with one attached hydrogen (secondary N) is 1. The van der Waals surface area contributed by atoms with Gasteiger partial charge in [-0.05, 0) is 18.8 Å². The minimum Gasteiger partial charge on any atom is -0.393 e. The van der Waals surface area contributed by atoms with Gasteiger partial charge in [-0.25, -0.2) is 22.7 Å². The second-order valence-corrected chi connectivity index (χ2v) is 15.3. The summed E-state index contributed by atoms with van der Waals surface area (Å²) >= 11 is 3.52. The lowest BCUT2D eigenvalue weighted by atomic mass is 9.87. The number of thiol groups is 1. The molecular weight excluding hydrogens is 668 g/mol. The quantitative estimate of drug-likeness (QED) is 0.0904. The van der Waals surface area contributed by atoms with Crippen molar-refractivity contribution in [2.45, 2.75) is 67.1 Å². The van der Waals surface area contributed by atoms with Crippen molar-refractivity contribution in [2.24, 2.45) is 17.8 Å². The first kappa shape index (κ1) is 34.2. The fraction of sp³-hybridized carbons (Fsp3) is 0.810. The summed E-state index contributed by atoms with van der Waals surface area (Å²) in [6.45, 7) is -7.74. The van der Waals surface area contributed by atoms with Crippen molar-refractivity contribution in [3.8, 4) is 0 Å². The lowest BCUT2D eigenvalue weighted by molar-refractivity contribution is -0.426. The second kappa shape index (κ2) is 11.5. The minimum atomic E-state index is -5.58. The van der Waals surface area contributed by atoms with Gasteiger partial charge in [0.15, 0.2) is 18.3 Å². The van der Waals surface area contributed by atoms with E-state index in [1.807, 2.05) is 4.98 Å². The molecule has 13 atom stereocenters. The molecule has 250 valence electrons. The molecule has 1 aromatic rings. The van der Waals surface area contributed by atoms with E-state index in [2.05, 4.69) is 21.1 Å². The molecular formula is C21H30F2N2O16P2S. The summed E-state index contributed by atoms with van der Waals surface area (Å²) in [5, 5.41) is 51.0. The van der Waals surface area contributed by atoms with Crippen molar-refractivity contribution < 1.29 is 75.9 Å². The summed E-state index contributed by atoms with van der Waals surface area (Å²) in [6.07, 6.45) is -10.3. The Hall–Kier alpha value is -1.13. The third-order valence-corrected chi connectivity index (χ3v) is 11.9. The van der Waals surface area contributed by atoms with E-state index >= 15 is 4.39 Å². The van der Waals surface area contributed by atoms with Gasteiger partial charge in [0.2, 0.25) is 0 Å². The monoisotopic (exact) mass is 698 g/mol. The van der Waals surface area contributed by atoms with Crippen molar-refractivity contribution in [3.63, 3.8) is 0 Å². The summed E-state index contributed by atoms with van der Waals surface area (Å²) in [4.78, 5) is 36.1. The lowest BCUT2D eigenvalue weighted by Crippen LogP contribution is -2.64. The average molecular weight is 698 g/mol. The van der Waals surface area contributed by atoms with Gasteiger partial charge in [0.1, 0.15) is 24.5 Å². The molecule has 3 heterocycles. The Balaban J connectivity index is 1.28. The van der Waals surface area contributed by atoms with Crippen LogP contribution in [-0.2, 0) is 36.7 Å². The number of aliphatic hydroxyl groups is 5. The van der Waals surface area contributed by atoms with E-state index in [-0.39, 0.29) is 0 Å². The Morgan fingerprint density at radius 3 is 2.45 bits per heavy atom. The van der Waals surface area contributed by atoms with Crippen LogP contribution < -0.4 is 11.2 Å².